The lowest BCUT2D eigenvalue weighted by molar-refractivity contribution is 0.147. The van der Waals surface area contributed by atoms with Crippen LogP contribution in [-0.2, 0) is 0 Å². The van der Waals surface area contributed by atoms with E-state index in [9.17, 15) is 0 Å². The molecule has 0 amide bonds. The van der Waals surface area contributed by atoms with Crippen molar-refractivity contribution in [3.63, 3.8) is 0 Å². The Balaban J connectivity index is 1.95. The van der Waals surface area contributed by atoms with Crippen molar-refractivity contribution in [1.29, 1.82) is 0 Å². The molecule has 1 fully saturated rings. The number of nitrogens with zero attached hydrogens (tertiary/aromatic N) is 1. The minimum Gasteiger partial charge on any atom is -0.489 e. The van der Waals surface area contributed by atoms with E-state index in [1.54, 1.807) is 18.5 Å². The molecule has 3 nitrogen and oxygen atoms in total. The molecule has 4 heteroatoms. The topological polar surface area (TPSA) is 48.1 Å². The smallest absolute Gasteiger partial charge is 0.141 e. The summed E-state index contributed by atoms with van der Waals surface area (Å²) in [6.45, 7) is 0. The average Bonchev–Trinajstić information content (AvgIpc) is 2.25. The van der Waals surface area contributed by atoms with Gasteiger partial charge in [0.2, 0.25) is 0 Å². The summed E-state index contributed by atoms with van der Waals surface area (Å²) in [5.41, 5.74) is 5.83. The van der Waals surface area contributed by atoms with Gasteiger partial charge < -0.3 is 10.5 Å². The van der Waals surface area contributed by atoms with Crippen molar-refractivity contribution in [2.45, 2.75) is 37.8 Å². The normalized spacial score (nSPS) is 26.3. The van der Waals surface area contributed by atoms with Gasteiger partial charge in [0.1, 0.15) is 10.8 Å². The van der Waals surface area contributed by atoms with Crippen molar-refractivity contribution >= 4 is 11.6 Å². The van der Waals surface area contributed by atoms with Crippen LogP contribution in [0.15, 0.2) is 18.5 Å². The van der Waals surface area contributed by atoms with Crippen LogP contribution in [0.3, 0.4) is 0 Å². The number of pyridine rings is 1. The van der Waals surface area contributed by atoms with Crippen LogP contribution in [0, 0.1) is 0 Å². The molecule has 15 heavy (non-hydrogen) atoms. The first-order valence-electron chi connectivity index (χ1n) is 5.27. The monoisotopic (exact) mass is 226 g/mol. The first-order chi connectivity index (χ1) is 7.25. The van der Waals surface area contributed by atoms with Gasteiger partial charge in [0.05, 0.1) is 6.10 Å². The molecule has 0 atom stereocenters. The van der Waals surface area contributed by atoms with Crippen LogP contribution < -0.4 is 10.5 Å². The van der Waals surface area contributed by atoms with Crippen molar-refractivity contribution < 1.29 is 4.74 Å². The fourth-order valence-corrected chi connectivity index (χ4v) is 2.01. The molecule has 0 spiro atoms. The SMILES string of the molecule is NC1CCC(Oc2ccncc2Cl)CC1. The molecule has 0 radical (unpaired) electrons. The average molecular weight is 227 g/mol. The van der Waals surface area contributed by atoms with Crippen LogP contribution in [0.25, 0.3) is 0 Å². The van der Waals surface area contributed by atoms with E-state index in [0.29, 0.717) is 11.1 Å². The number of hydrogen-bond acceptors (Lipinski definition) is 3. The summed E-state index contributed by atoms with van der Waals surface area (Å²) in [7, 11) is 0. The number of ether oxygens (including phenoxy) is 1. The first kappa shape index (κ1) is 10.7. The molecule has 1 aromatic heterocycles. The molecule has 0 unspecified atom stereocenters. The van der Waals surface area contributed by atoms with Crippen LogP contribution in [0.5, 0.6) is 5.75 Å². The van der Waals surface area contributed by atoms with Gasteiger partial charge in [0, 0.05) is 24.5 Å². The van der Waals surface area contributed by atoms with Gasteiger partial charge in [-0.3, -0.25) is 4.98 Å². The third-order valence-corrected chi connectivity index (χ3v) is 3.03. The van der Waals surface area contributed by atoms with Crippen molar-refractivity contribution in [3.8, 4) is 5.75 Å². The fourth-order valence-electron chi connectivity index (χ4n) is 1.84. The number of nitrogens with two attached hydrogens (primary N) is 1. The summed E-state index contributed by atoms with van der Waals surface area (Å²) in [6.07, 6.45) is 7.64. The Morgan fingerprint density at radius 3 is 2.73 bits per heavy atom. The van der Waals surface area contributed by atoms with E-state index >= 15 is 0 Å². The Hall–Kier alpha value is -0.800. The minimum absolute atomic E-state index is 0.254. The van der Waals surface area contributed by atoms with Crippen LogP contribution >= 0.6 is 11.6 Å². The molecule has 1 aliphatic rings. The lowest BCUT2D eigenvalue weighted by Crippen LogP contribution is -2.31. The standard InChI is InChI=1S/C11H15ClN2O/c12-10-7-14-6-5-11(10)15-9-3-1-8(13)2-4-9/h5-9H,1-4,13H2. The number of rotatable bonds is 2. The fraction of sp³-hybridized carbons (Fsp3) is 0.545. The van der Waals surface area contributed by atoms with Gasteiger partial charge >= 0.3 is 0 Å². The molecule has 82 valence electrons. The summed E-state index contributed by atoms with van der Waals surface area (Å²) in [4.78, 5) is 3.92. The van der Waals surface area contributed by atoms with E-state index in [4.69, 9.17) is 22.1 Å². The zero-order valence-corrected chi connectivity index (χ0v) is 9.28. The molecule has 1 aromatic rings. The van der Waals surface area contributed by atoms with E-state index in [0.717, 1.165) is 31.4 Å². The molecule has 1 aliphatic carbocycles. The molecule has 1 saturated carbocycles. The maximum atomic E-state index is 5.96. The van der Waals surface area contributed by atoms with E-state index in [1.165, 1.54) is 0 Å². The molecule has 0 bridgehead atoms. The minimum atomic E-state index is 0.254. The second kappa shape index (κ2) is 4.81. The van der Waals surface area contributed by atoms with Crippen LogP contribution in [0.4, 0.5) is 0 Å². The van der Waals surface area contributed by atoms with Crippen molar-refractivity contribution in [2.24, 2.45) is 5.73 Å². The zero-order valence-electron chi connectivity index (χ0n) is 8.53. The highest BCUT2D eigenvalue weighted by Crippen LogP contribution is 2.27. The van der Waals surface area contributed by atoms with Gasteiger partial charge in [-0.2, -0.15) is 0 Å². The van der Waals surface area contributed by atoms with Gasteiger partial charge in [-0.25, -0.2) is 0 Å². The second-order valence-corrected chi connectivity index (χ2v) is 4.37. The third-order valence-electron chi connectivity index (χ3n) is 2.75. The Bertz CT molecular complexity index is 324. The summed E-state index contributed by atoms with van der Waals surface area (Å²) in [6, 6.07) is 2.15. The molecule has 0 aliphatic heterocycles. The van der Waals surface area contributed by atoms with Crippen LogP contribution in [-0.4, -0.2) is 17.1 Å². The highest BCUT2D eigenvalue weighted by atomic mass is 35.5. The van der Waals surface area contributed by atoms with Crippen molar-refractivity contribution in [3.05, 3.63) is 23.5 Å². The van der Waals surface area contributed by atoms with Crippen molar-refractivity contribution in [2.75, 3.05) is 0 Å². The third kappa shape index (κ3) is 2.83. The van der Waals surface area contributed by atoms with Gasteiger partial charge in [0.15, 0.2) is 0 Å². The summed E-state index contributed by atoms with van der Waals surface area (Å²) in [5, 5.41) is 0.576. The lowest BCUT2D eigenvalue weighted by Gasteiger charge is -2.26. The number of halogens is 1. The molecule has 0 aromatic carbocycles. The summed E-state index contributed by atoms with van der Waals surface area (Å²) >= 11 is 5.96. The predicted octanol–water partition coefficient (Wildman–Crippen LogP) is 2.38. The molecule has 1 heterocycles. The molecule has 2 rings (SSSR count). The lowest BCUT2D eigenvalue weighted by atomic mass is 9.94. The Labute approximate surface area is 94.6 Å². The largest absolute Gasteiger partial charge is 0.489 e. The van der Waals surface area contributed by atoms with Gasteiger partial charge in [0.25, 0.3) is 0 Å². The van der Waals surface area contributed by atoms with Crippen LogP contribution in [0.1, 0.15) is 25.7 Å². The predicted molar refractivity (Wildman–Crippen MR) is 60.1 cm³/mol. The van der Waals surface area contributed by atoms with E-state index < -0.39 is 0 Å². The maximum absolute atomic E-state index is 5.96. The first-order valence-corrected chi connectivity index (χ1v) is 5.65. The Morgan fingerprint density at radius 1 is 1.33 bits per heavy atom. The van der Waals surface area contributed by atoms with E-state index in [2.05, 4.69) is 4.98 Å². The maximum Gasteiger partial charge on any atom is 0.141 e. The highest BCUT2D eigenvalue weighted by Gasteiger charge is 2.20. The number of aromatic nitrogens is 1. The Morgan fingerprint density at radius 2 is 2.07 bits per heavy atom. The zero-order chi connectivity index (χ0) is 10.7. The molecular formula is C11H15ClN2O. The molecular weight excluding hydrogens is 212 g/mol. The second-order valence-electron chi connectivity index (χ2n) is 3.96. The molecule has 2 N–H and O–H groups in total. The van der Waals surface area contributed by atoms with Crippen LogP contribution in [0.2, 0.25) is 5.02 Å². The quantitative estimate of drug-likeness (QED) is 0.843. The molecule has 0 saturated heterocycles. The van der Waals surface area contributed by atoms with E-state index in [1.807, 2.05) is 0 Å². The Kier molecular flexibility index (Phi) is 3.44. The summed E-state index contributed by atoms with van der Waals surface area (Å²) in [5.74, 6) is 0.729. The highest BCUT2D eigenvalue weighted by molar-refractivity contribution is 6.31. The van der Waals surface area contributed by atoms with E-state index in [-0.39, 0.29) is 6.10 Å². The number of hydrogen-bond donors (Lipinski definition) is 1. The van der Waals surface area contributed by atoms with Gasteiger partial charge in [-0.1, -0.05) is 11.6 Å². The van der Waals surface area contributed by atoms with Crippen molar-refractivity contribution in [1.82, 2.24) is 4.98 Å². The van der Waals surface area contributed by atoms with Gasteiger partial charge in [-0.15, -0.1) is 0 Å². The summed E-state index contributed by atoms with van der Waals surface area (Å²) < 4.78 is 5.81. The van der Waals surface area contributed by atoms with Gasteiger partial charge in [-0.05, 0) is 25.7 Å².